The first-order valence-electron chi connectivity index (χ1n) is 2.27. The van der Waals surface area contributed by atoms with E-state index in [1.54, 1.807) is 0 Å². The van der Waals surface area contributed by atoms with Crippen LogP contribution in [0.5, 0.6) is 0 Å². The zero-order valence-corrected chi connectivity index (χ0v) is 6.24. The second-order valence-corrected chi connectivity index (χ2v) is 1.40. The van der Waals surface area contributed by atoms with Gasteiger partial charge in [-0.3, -0.25) is 0 Å². The van der Waals surface area contributed by atoms with Crippen molar-refractivity contribution >= 4 is 0 Å². The summed E-state index contributed by atoms with van der Waals surface area (Å²) < 4.78 is 0. The Labute approximate surface area is 57.4 Å². The summed E-state index contributed by atoms with van der Waals surface area (Å²) in [5, 5.41) is 0. The Kier molecular flexibility index (Phi) is 9.82. The van der Waals surface area contributed by atoms with Gasteiger partial charge in [-0.15, -0.1) is 0 Å². The van der Waals surface area contributed by atoms with E-state index in [0.29, 0.717) is 6.54 Å². The molecule has 0 aliphatic carbocycles. The van der Waals surface area contributed by atoms with Crippen LogP contribution in [0.2, 0.25) is 0 Å². The molecule has 0 amide bonds. The fraction of sp³-hybridized carbons (Fsp3) is 1.00. The molecule has 0 bridgehead atoms. The average Bonchev–Trinajstić information content (AvgIpc) is 1.65. The molecule has 2 nitrogen and oxygen atoms in total. The third-order valence-corrected chi connectivity index (χ3v) is 0.827. The van der Waals surface area contributed by atoms with Crippen LogP contribution >= 0.6 is 0 Å². The van der Waals surface area contributed by atoms with Crippen molar-refractivity contribution in [2.24, 2.45) is 11.5 Å². The third-order valence-electron chi connectivity index (χ3n) is 0.827. The Balaban J connectivity index is 0. The van der Waals surface area contributed by atoms with Gasteiger partial charge in [0.1, 0.15) is 0 Å². The van der Waals surface area contributed by atoms with Crippen LogP contribution < -0.4 is 11.5 Å². The fourth-order valence-electron chi connectivity index (χ4n) is 0.167. The van der Waals surface area contributed by atoms with Crippen molar-refractivity contribution in [3.05, 3.63) is 0 Å². The second-order valence-electron chi connectivity index (χ2n) is 1.40. The number of hydrogen-bond donors (Lipinski definition) is 2. The maximum atomic E-state index is 5.35. The molecule has 0 fully saturated rings. The smallest absolute Gasteiger partial charge is 0.0160 e. The van der Waals surface area contributed by atoms with Crippen LogP contribution in [0.3, 0.4) is 0 Å². The van der Waals surface area contributed by atoms with Gasteiger partial charge in [-0.2, -0.15) is 0 Å². The van der Waals surface area contributed by atoms with Crippen molar-refractivity contribution in [1.82, 2.24) is 0 Å². The van der Waals surface area contributed by atoms with Crippen LogP contribution in [0.25, 0.3) is 0 Å². The second kappa shape index (κ2) is 6.54. The maximum absolute atomic E-state index is 5.35. The molecule has 1 unspecified atom stereocenters. The molecule has 0 aliphatic heterocycles. The van der Waals surface area contributed by atoms with Crippen LogP contribution in [0.15, 0.2) is 0 Å². The van der Waals surface area contributed by atoms with Crippen molar-refractivity contribution in [3.63, 3.8) is 0 Å². The molecule has 0 radical (unpaired) electrons. The average molecular weight is 189 g/mol. The van der Waals surface area contributed by atoms with E-state index in [2.05, 4.69) is 0 Å². The number of hydrogen-bond acceptors (Lipinski definition) is 2. The molecule has 7 heavy (non-hydrogen) atoms. The molecular weight excluding hydrogens is 177 g/mol. The normalized spacial score (nSPS) is 12.4. The summed E-state index contributed by atoms with van der Waals surface area (Å²) in [5.74, 6) is 0. The van der Waals surface area contributed by atoms with E-state index in [4.69, 9.17) is 11.5 Å². The van der Waals surface area contributed by atoms with E-state index in [9.17, 15) is 0 Å². The van der Waals surface area contributed by atoms with Gasteiger partial charge in [0.25, 0.3) is 0 Å². The minimum atomic E-state index is 0. The minimum absolute atomic E-state index is 0. The first kappa shape index (κ1) is 10.5. The van der Waals surface area contributed by atoms with Gasteiger partial charge in [0.2, 0.25) is 0 Å². The Morgan fingerprint density at radius 3 is 2.00 bits per heavy atom. The summed E-state index contributed by atoms with van der Waals surface area (Å²) in [7, 11) is 0. The number of rotatable bonds is 2. The number of nitrogens with two attached hydrogens (primary N) is 2. The van der Waals surface area contributed by atoms with Gasteiger partial charge in [0.15, 0.2) is 0 Å². The molecule has 1 atom stereocenters. The predicted octanol–water partition coefficient (Wildman–Crippen LogP) is -0.320. The molecule has 0 aromatic heterocycles. The summed E-state index contributed by atoms with van der Waals surface area (Å²) in [4.78, 5) is 0. The summed E-state index contributed by atoms with van der Waals surface area (Å²) >= 11 is 0. The van der Waals surface area contributed by atoms with Gasteiger partial charge in [-0.25, -0.2) is 0 Å². The largest absolute Gasteiger partial charge is 0.329 e. The first-order chi connectivity index (χ1) is 2.81. The molecule has 0 aliphatic rings. The van der Waals surface area contributed by atoms with Crippen molar-refractivity contribution < 1.29 is 19.5 Å². The Morgan fingerprint density at radius 2 is 2.00 bits per heavy atom. The molecule has 0 aromatic rings. The van der Waals surface area contributed by atoms with Crippen molar-refractivity contribution in [3.8, 4) is 0 Å². The van der Waals surface area contributed by atoms with Crippen LogP contribution in [0.1, 0.15) is 13.3 Å². The van der Waals surface area contributed by atoms with Crippen LogP contribution in [-0.4, -0.2) is 12.6 Å². The van der Waals surface area contributed by atoms with Gasteiger partial charge in [-0.1, -0.05) is 6.92 Å². The molecule has 3 heteroatoms. The predicted molar refractivity (Wildman–Crippen MR) is 27.3 cm³/mol. The molecule has 4 N–H and O–H groups in total. The zero-order valence-electron chi connectivity index (χ0n) is 4.50. The zero-order chi connectivity index (χ0) is 4.99. The van der Waals surface area contributed by atoms with Gasteiger partial charge in [0.05, 0.1) is 0 Å². The van der Waals surface area contributed by atoms with Crippen LogP contribution in [-0.2, 0) is 19.5 Å². The molecule has 0 saturated carbocycles. The standard InChI is InChI=1S/C4H12N2.Ru/c1-2-4(6)3-5;/h4H,2-3,5-6H2,1H3;. The Morgan fingerprint density at radius 1 is 1.57 bits per heavy atom. The van der Waals surface area contributed by atoms with Crippen molar-refractivity contribution in [1.29, 1.82) is 0 Å². The summed E-state index contributed by atoms with van der Waals surface area (Å²) in [6.45, 7) is 2.63. The van der Waals surface area contributed by atoms with E-state index in [-0.39, 0.29) is 25.5 Å². The van der Waals surface area contributed by atoms with E-state index in [1.807, 2.05) is 6.92 Å². The maximum Gasteiger partial charge on any atom is 0.0160 e. The van der Waals surface area contributed by atoms with E-state index >= 15 is 0 Å². The monoisotopic (exact) mass is 190 g/mol. The SMILES string of the molecule is CCC(N)CN.[Ru]. The topological polar surface area (TPSA) is 52.0 Å². The van der Waals surface area contributed by atoms with Gasteiger partial charge >= 0.3 is 0 Å². The quantitative estimate of drug-likeness (QED) is 0.585. The van der Waals surface area contributed by atoms with E-state index < -0.39 is 0 Å². The van der Waals surface area contributed by atoms with Crippen LogP contribution in [0, 0.1) is 0 Å². The summed E-state index contributed by atoms with van der Waals surface area (Å²) in [5.41, 5.74) is 10.5. The Hall–Kier alpha value is 0.543. The van der Waals surface area contributed by atoms with Gasteiger partial charge < -0.3 is 11.5 Å². The van der Waals surface area contributed by atoms with Crippen molar-refractivity contribution in [2.45, 2.75) is 19.4 Å². The fourth-order valence-corrected chi connectivity index (χ4v) is 0.167. The van der Waals surface area contributed by atoms with Gasteiger partial charge in [0, 0.05) is 32.1 Å². The molecular formula is C4H12N2Ru. The molecule has 0 aromatic carbocycles. The molecule has 0 saturated heterocycles. The van der Waals surface area contributed by atoms with Crippen LogP contribution in [0.4, 0.5) is 0 Å². The van der Waals surface area contributed by atoms with Gasteiger partial charge in [-0.05, 0) is 6.42 Å². The summed E-state index contributed by atoms with van der Waals surface area (Å²) in [6, 6.07) is 0.213. The van der Waals surface area contributed by atoms with E-state index in [0.717, 1.165) is 6.42 Å². The molecule has 0 spiro atoms. The minimum Gasteiger partial charge on any atom is -0.329 e. The van der Waals surface area contributed by atoms with Crippen molar-refractivity contribution in [2.75, 3.05) is 6.54 Å². The molecule has 0 rings (SSSR count). The van der Waals surface area contributed by atoms with E-state index in [1.165, 1.54) is 0 Å². The third kappa shape index (κ3) is 6.54. The first-order valence-corrected chi connectivity index (χ1v) is 2.27. The Bertz CT molecular complexity index is 28.9. The molecule has 46 valence electrons. The summed E-state index contributed by atoms with van der Waals surface area (Å²) in [6.07, 6.45) is 0.983. The molecule has 0 heterocycles.